The lowest BCUT2D eigenvalue weighted by molar-refractivity contribution is 0.300. The Morgan fingerprint density at radius 3 is 2.86 bits per heavy atom. The van der Waals surface area contributed by atoms with E-state index < -0.39 is 0 Å². The zero-order chi connectivity index (χ0) is 14.8. The quantitative estimate of drug-likeness (QED) is 0.760. The molecule has 0 fully saturated rings. The number of hydrogen-bond acceptors (Lipinski definition) is 5. The number of ether oxygens (including phenoxy) is 1. The minimum absolute atomic E-state index is 0.416. The van der Waals surface area contributed by atoms with Crippen molar-refractivity contribution in [1.82, 2.24) is 25.2 Å². The summed E-state index contributed by atoms with van der Waals surface area (Å²) in [6, 6.07) is 9.56. The zero-order valence-corrected chi connectivity index (χ0v) is 11.9. The molecule has 0 saturated heterocycles. The number of aryl methyl sites for hydroxylation is 2. The summed E-state index contributed by atoms with van der Waals surface area (Å²) < 4.78 is 7.59. The van der Waals surface area contributed by atoms with Crippen molar-refractivity contribution < 1.29 is 4.74 Å². The zero-order valence-electron chi connectivity index (χ0n) is 11.9. The summed E-state index contributed by atoms with van der Waals surface area (Å²) >= 11 is 0. The molecule has 3 rings (SSSR count). The molecule has 0 atom stereocenters. The molecule has 21 heavy (non-hydrogen) atoms. The van der Waals surface area contributed by atoms with Gasteiger partial charge in [-0.25, -0.2) is 5.10 Å². The second-order valence-corrected chi connectivity index (χ2v) is 4.79. The molecule has 3 N–H and O–H groups in total. The molecule has 0 aliphatic rings. The van der Waals surface area contributed by atoms with Crippen LogP contribution in [0.15, 0.2) is 30.3 Å². The maximum atomic E-state index is 5.77. The molecule has 0 saturated carbocycles. The SMILES string of the molecule is Cc1cc(COc2cccc(-c3nn[nH]c3N)c2)nn1C. The predicted octanol–water partition coefficient (Wildman–Crippen LogP) is 1.67. The summed E-state index contributed by atoms with van der Waals surface area (Å²) in [4.78, 5) is 0. The van der Waals surface area contributed by atoms with Gasteiger partial charge in [0.25, 0.3) is 0 Å². The first-order valence-corrected chi connectivity index (χ1v) is 6.53. The number of nitrogens with one attached hydrogen (secondary N) is 1. The van der Waals surface area contributed by atoms with Gasteiger partial charge in [0.15, 0.2) is 0 Å². The van der Waals surface area contributed by atoms with Crippen molar-refractivity contribution in [1.29, 1.82) is 0 Å². The van der Waals surface area contributed by atoms with Crippen molar-refractivity contribution in [3.05, 3.63) is 41.7 Å². The summed E-state index contributed by atoms with van der Waals surface area (Å²) in [5.74, 6) is 1.17. The molecule has 0 unspecified atom stereocenters. The fraction of sp³-hybridized carbons (Fsp3) is 0.214. The van der Waals surface area contributed by atoms with Crippen LogP contribution in [0.3, 0.4) is 0 Å². The Morgan fingerprint density at radius 2 is 2.19 bits per heavy atom. The van der Waals surface area contributed by atoms with E-state index in [1.165, 1.54) is 0 Å². The molecule has 0 aliphatic heterocycles. The molecule has 2 aromatic heterocycles. The van der Waals surface area contributed by atoms with Gasteiger partial charge in [-0.15, -0.1) is 5.10 Å². The third-order valence-electron chi connectivity index (χ3n) is 3.23. The Balaban J connectivity index is 1.76. The van der Waals surface area contributed by atoms with Crippen molar-refractivity contribution >= 4 is 5.82 Å². The summed E-state index contributed by atoms with van der Waals surface area (Å²) in [7, 11) is 1.91. The lowest BCUT2D eigenvalue weighted by atomic mass is 10.1. The highest BCUT2D eigenvalue weighted by atomic mass is 16.5. The second-order valence-electron chi connectivity index (χ2n) is 4.79. The molecule has 2 heterocycles. The number of aromatic nitrogens is 5. The molecule has 0 spiro atoms. The first-order chi connectivity index (χ1) is 10.1. The van der Waals surface area contributed by atoms with E-state index in [-0.39, 0.29) is 0 Å². The van der Waals surface area contributed by atoms with Crippen LogP contribution in [0, 0.1) is 6.92 Å². The Kier molecular flexibility index (Phi) is 3.31. The van der Waals surface area contributed by atoms with Crippen molar-refractivity contribution in [3.63, 3.8) is 0 Å². The van der Waals surface area contributed by atoms with Crippen molar-refractivity contribution in [2.75, 3.05) is 5.73 Å². The second kappa shape index (κ2) is 5.28. The van der Waals surface area contributed by atoms with E-state index in [9.17, 15) is 0 Å². The van der Waals surface area contributed by atoms with Gasteiger partial charge in [0.2, 0.25) is 0 Å². The van der Waals surface area contributed by atoms with Crippen LogP contribution in [0.2, 0.25) is 0 Å². The van der Waals surface area contributed by atoms with Crippen LogP contribution < -0.4 is 10.5 Å². The van der Waals surface area contributed by atoms with E-state index in [1.54, 1.807) is 0 Å². The van der Waals surface area contributed by atoms with E-state index >= 15 is 0 Å². The number of anilines is 1. The number of hydrogen-bond donors (Lipinski definition) is 2. The lowest BCUT2D eigenvalue weighted by Crippen LogP contribution is -1.98. The number of aromatic amines is 1. The van der Waals surface area contributed by atoms with E-state index in [4.69, 9.17) is 10.5 Å². The minimum atomic E-state index is 0.416. The van der Waals surface area contributed by atoms with Crippen LogP contribution >= 0.6 is 0 Å². The highest BCUT2D eigenvalue weighted by molar-refractivity contribution is 5.70. The van der Waals surface area contributed by atoms with Gasteiger partial charge < -0.3 is 10.5 Å². The van der Waals surface area contributed by atoms with Gasteiger partial charge in [-0.1, -0.05) is 17.3 Å². The van der Waals surface area contributed by atoms with E-state index in [1.807, 2.05) is 49.0 Å². The van der Waals surface area contributed by atoms with Gasteiger partial charge in [0, 0.05) is 18.3 Å². The maximum absolute atomic E-state index is 5.77. The van der Waals surface area contributed by atoms with Crippen molar-refractivity contribution in [3.8, 4) is 17.0 Å². The Bertz CT molecular complexity index is 741. The third kappa shape index (κ3) is 2.71. The maximum Gasteiger partial charge on any atom is 0.147 e. The molecule has 1 aromatic carbocycles. The summed E-state index contributed by atoms with van der Waals surface area (Å²) in [6.07, 6.45) is 0. The minimum Gasteiger partial charge on any atom is -0.487 e. The molecule has 0 amide bonds. The van der Waals surface area contributed by atoms with Gasteiger partial charge in [-0.3, -0.25) is 4.68 Å². The fourth-order valence-electron chi connectivity index (χ4n) is 2.04. The molecular formula is C14H16N6O. The molecule has 0 radical (unpaired) electrons. The number of rotatable bonds is 4. The molecule has 0 bridgehead atoms. The number of nitrogens with zero attached hydrogens (tertiary/aromatic N) is 4. The largest absolute Gasteiger partial charge is 0.487 e. The van der Waals surface area contributed by atoms with Gasteiger partial charge >= 0.3 is 0 Å². The predicted molar refractivity (Wildman–Crippen MR) is 78.5 cm³/mol. The summed E-state index contributed by atoms with van der Waals surface area (Å²) in [6.45, 7) is 2.42. The fourth-order valence-corrected chi connectivity index (χ4v) is 2.04. The highest BCUT2D eigenvalue weighted by Crippen LogP contribution is 2.25. The topological polar surface area (TPSA) is 94.6 Å². The Hall–Kier alpha value is -2.83. The Morgan fingerprint density at radius 1 is 1.33 bits per heavy atom. The smallest absolute Gasteiger partial charge is 0.147 e. The molecular weight excluding hydrogens is 268 g/mol. The third-order valence-corrected chi connectivity index (χ3v) is 3.23. The van der Waals surface area contributed by atoms with Crippen LogP contribution in [-0.2, 0) is 13.7 Å². The van der Waals surface area contributed by atoms with Crippen LogP contribution in [0.25, 0.3) is 11.3 Å². The van der Waals surface area contributed by atoms with Gasteiger partial charge in [0.1, 0.15) is 29.6 Å². The van der Waals surface area contributed by atoms with Gasteiger partial charge in [0.05, 0.1) is 0 Å². The standard InChI is InChI=1S/C14H16N6O/c1-9-6-11(18-20(9)2)8-21-12-5-3-4-10(7-12)13-14(15)17-19-16-13/h3-7H,8H2,1-2H3,(H3,15,16,17,19). The highest BCUT2D eigenvalue weighted by Gasteiger charge is 2.08. The Labute approximate surface area is 121 Å². The van der Waals surface area contributed by atoms with Crippen LogP contribution in [-0.4, -0.2) is 25.2 Å². The average molecular weight is 284 g/mol. The first-order valence-electron chi connectivity index (χ1n) is 6.53. The van der Waals surface area contributed by atoms with Crippen LogP contribution in [0.5, 0.6) is 5.75 Å². The van der Waals surface area contributed by atoms with Crippen molar-refractivity contribution in [2.45, 2.75) is 13.5 Å². The van der Waals surface area contributed by atoms with Crippen LogP contribution in [0.1, 0.15) is 11.4 Å². The number of benzene rings is 1. The molecule has 3 aromatic rings. The average Bonchev–Trinajstić information content (AvgIpc) is 3.03. The van der Waals surface area contributed by atoms with E-state index in [0.29, 0.717) is 18.1 Å². The summed E-state index contributed by atoms with van der Waals surface area (Å²) in [5, 5.41) is 14.6. The first kappa shape index (κ1) is 13.2. The normalized spacial score (nSPS) is 10.8. The van der Waals surface area contributed by atoms with Gasteiger partial charge in [-0.05, 0) is 25.1 Å². The molecule has 7 heteroatoms. The van der Waals surface area contributed by atoms with Gasteiger partial charge in [-0.2, -0.15) is 5.10 Å². The molecule has 0 aliphatic carbocycles. The molecule has 108 valence electrons. The molecule has 7 nitrogen and oxygen atoms in total. The monoisotopic (exact) mass is 284 g/mol. The van der Waals surface area contributed by atoms with Crippen molar-refractivity contribution in [2.24, 2.45) is 7.05 Å². The lowest BCUT2D eigenvalue weighted by Gasteiger charge is -2.05. The van der Waals surface area contributed by atoms with Crippen LogP contribution in [0.4, 0.5) is 5.82 Å². The van der Waals surface area contributed by atoms with E-state index in [0.717, 1.165) is 22.7 Å². The summed E-state index contributed by atoms with van der Waals surface area (Å²) in [5.41, 5.74) is 9.24. The number of nitrogen functional groups attached to an aromatic ring is 1. The van der Waals surface area contributed by atoms with E-state index in [2.05, 4.69) is 20.5 Å². The number of H-pyrrole nitrogens is 1. The number of nitrogens with two attached hydrogens (primary N) is 1.